The lowest BCUT2D eigenvalue weighted by molar-refractivity contribution is -0.121. The first-order chi connectivity index (χ1) is 17.7. The van der Waals surface area contributed by atoms with E-state index in [0.717, 1.165) is 22.3 Å². The SMILES string of the molecule is CC(C)(C)c1cc(CCC(=O)N/N=C\c2ccc(OC(=O)c3ccc(Cl)cc3)cc2)cc(C(C)(C)C)c1O. The summed E-state index contributed by atoms with van der Waals surface area (Å²) < 4.78 is 5.37. The summed E-state index contributed by atoms with van der Waals surface area (Å²) in [6, 6.07) is 17.2. The highest BCUT2D eigenvalue weighted by Crippen LogP contribution is 2.40. The molecule has 1 amide bonds. The van der Waals surface area contributed by atoms with Gasteiger partial charge < -0.3 is 9.84 Å². The van der Waals surface area contributed by atoms with Crippen molar-refractivity contribution in [2.45, 2.75) is 65.2 Å². The number of ether oxygens (including phenoxy) is 1. The van der Waals surface area contributed by atoms with Gasteiger partial charge in [-0.05, 0) is 88.0 Å². The van der Waals surface area contributed by atoms with Crippen LogP contribution >= 0.6 is 11.6 Å². The smallest absolute Gasteiger partial charge is 0.343 e. The normalized spacial score (nSPS) is 12.0. The van der Waals surface area contributed by atoms with Crippen LogP contribution in [0.3, 0.4) is 0 Å². The number of aromatic hydroxyl groups is 1. The van der Waals surface area contributed by atoms with Gasteiger partial charge >= 0.3 is 5.97 Å². The van der Waals surface area contributed by atoms with Gasteiger partial charge in [-0.15, -0.1) is 0 Å². The minimum Gasteiger partial charge on any atom is -0.507 e. The number of hydrazone groups is 1. The Hall–Kier alpha value is -3.64. The van der Waals surface area contributed by atoms with Gasteiger partial charge in [0.05, 0.1) is 11.8 Å². The Labute approximate surface area is 229 Å². The standard InChI is InChI=1S/C31H35ClN2O4/c1-30(2,3)25-17-21(18-26(28(25)36)31(4,5)6)9-16-27(35)34-33-19-20-7-14-24(15-8-20)38-29(37)22-10-12-23(32)13-11-22/h7-8,10-15,17-19,36H,9,16H2,1-6H3,(H,34,35)/b33-19-. The van der Waals surface area contributed by atoms with E-state index in [0.29, 0.717) is 28.5 Å². The van der Waals surface area contributed by atoms with Gasteiger partial charge in [-0.1, -0.05) is 65.3 Å². The molecule has 3 rings (SSSR count). The molecular formula is C31H35ClN2O4. The van der Waals surface area contributed by atoms with Crippen LogP contribution in [0.15, 0.2) is 65.8 Å². The van der Waals surface area contributed by atoms with Gasteiger partial charge in [-0.3, -0.25) is 4.79 Å². The van der Waals surface area contributed by atoms with Crippen molar-refractivity contribution in [1.29, 1.82) is 0 Å². The first-order valence-electron chi connectivity index (χ1n) is 12.5. The quantitative estimate of drug-likeness (QED) is 0.149. The number of hydrogen-bond acceptors (Lipinski definition) is 5. The van der Waals surface area contributed by atoms with Crippen molar-refractivity contribution in [3.05, 3.63) is 93.5 Å². The fourth-order valence-corrected chi connectivity index (χ4v) is 3.97. The molecule has 0 aliphatic carbocycles. The molecule has 0 spiro atoms. The molecule has 0 bridgehead atoms. The van der Waals surface area contributed by atoms with Crippen molar-refractivity contribution in [3.8, 4) is 11.5 Å². The van der Waals surface area contributed by atoms with Crippen molar-refractivity contribution in [2.75, 3.05) is 0 Å². The van der Waals surface area contributed by atoms with E-state index in [1.54, 1.807) is 48.5 Å². The summed E-state index contributed by atoms with van der Waals surface area (Å²) in [6.45, 7) is 12.4. The fraction of sp³-hybridized carbons (Fsp3) is 0.323. The molecule has 3 aromatic rings. The van der Waals surface area contributed by atoms with Crippen LogP contribution in [0.25, 0.3) is 0 Å². The molecule has 0 radical (unpaired) electrons. The zero-order valence-corrected chi connectivity index (χ0v) is 23.5. The Kier molecular flexibility index (Phi) is 9.00. The van der Waals surface area contributed by atoms with Gasteiger partial charge in [0, 0.05) is 11.4 Å². The molecule has 0 aliphatic heterocycles. The molecule has 0 heterocycles. The summed E-state index contributed by atoms with van der Waals surface area (Å²) in [5.74, 6) is 0.0310. The lowest BCUT2D eigenvalue weighted by Gasteiger charge is -2.28. The average molecular weight is 535 g/mol. The largest absolute Gasteiger partial charge is 0.507 e. The highest BCUT2D eigenvalue weighted by atomic mass is 35.5. The number of esters is 1. The van der Waals surface area contributed by atoms with Crippen LogP contribution in [0.2, 0.25) is 5.02 Å². The van der Waals surface area contributed by atoms with Gasteiger partial charge in [-0.25, -0.2) is 10.2 Å². The van der Waals surface area contributed by atoms with Crippen LogP contribution in [0, 0.1) is 0 Å². The number of benzene rings is 3. The van der Waals surface area contributed by atoms with Gasteiger partial charge in [0.15, 0.2) is 0 Å². The number of nitrogens with one attached hydrogen (secondary N) is 1. The summed E-state index contributed by atoms with van der Waals surface area (Å²) in [5, 5.41) is 15.5. The van der Waals surface area contributed by atoms with Crippen LogP contribution in [-0.2, 0) is 22.0 Å². The second-order valence-corrected chi connectivity index (χ2v) is 11.7. The van der Waals surface area contributed by atoms with Gasteiger partial charge in [0.1, 0.15) is 11.5 Å². The molecule has 0 saturated heterocycles. The van der Waals surface area contributed by atoms with Crippen molar-refractivity contribution in [1.82, 2.24) is 5.43 Å². The van der Waals surface area contributed by atoms with E-state index < -0.39 is 5.97 Å². The second-order valence-electron chi connectivity index (χ2n) is 11.3. The number of carbonyl (C=O) groups excluding carboxylic acids is 2. The van der Waals surface area contributed by atoms with Gasteiger partial charge in [0.25, 0.3) is 0 Å². The van der Waals surface area contributed by atoms with Crippen molar-refractivity contribution >= 4 is 29.7 Å². The first kappa shape index (κ1) is 28.9. The maximum Gasteiger partial charge on any atom is 0.343 e. The fourth-order valence-electron chi connectivity index (χ4n) is 3.85. The third kappa shape index (κ3) is 7.93. The minimum atomic E-state index is -0.479. The first-order valence-corrected chi connectivity index (χ1v) is 12.9. The summed E-state index contributed by atoms with van der Waals surface area (Å²) in [4.78, 5) is 24.6. The van der Waals surface area contributed by atoms with Crippen molar-refractivity contribution < 1.29 is 19.4 Å². The van der Waals surface area contributed by atoms with Gasteiger partial charge in [0.2, 0.25) is 5.91 Å². The van der Waals surface area contributed by atoms with E-state index in [4.69, 9.17) is 16.3 Å². The van der Waals surface area contributed by atoms with Crippen LogP contribution in [0.4, 0.5) is 0 Å². The molecule has 0 aliphatic rings. The van der Waals surface area contributed by atoms with Crippen LogP contribution in [0.1, 0.15) is 80.6 Å². The Morgan fingerprint density at radius 3 is 2.00 bits per heavy atom. The molecule has 3 aromatic carbocycles. The number of phenolic OH excluding ortho intramolecular Hbond substituents is 1. The maximum atomic E-state index is 12.4. The average Bonchev–Trinajstić information content (AvgIpc) is 2.83. The van der Waals surface area contributed by atoms with E-state index in [2.05, 4.69) is 52.1 Å². The Morgan fingerprint density at radius 2 is 1.47 bits per heavy atom. The molecule has 0 saturated carbocycles. The summed E-state index contributed by atoms with van der Waals surface area (Å²) >= 11 is 5.85. The number of amides is 1. The summed E-state index contributed by atoms with van der Waals surface area (Å²) in [7, 11) is 0. The lowest BCUT2D eigenvalue weighted by atomic mass is 9.78. The second kappa shape index (κ2) is 11.8. The number of phenols is 1. The highest BCUT2D eigenvalue weighted by Gasteiger charge is 2.26. The van der Waals surface area contributed by atoms with E-state index in [-0.39, 0.29) is 23.2 Å². The molecule has 7 heteroatoms. The number of rotatable bonds is 7. The highest BCUT2D eigenvalue weighted by molar-refractivity contribution is 6.30. The number of carbonyl (C=O) groups is 2. The zero-order valence-electron chi connectivity index (χ0n) is 22.8. The molecule has 6 nitrogen and oxygen atoms in total. The molecule has 0 fully saturated rings. The number of aryl methyl sites for hydroxylation is 1. The van der Waals surface area contributed by atoms with E-state index in [9.17, 15) is 14.7 Å². The maximum absolute atomic E-state index is 12.4. The lowest BCUT2D eigenvalue weighted by Crippen LogP contribution is -2.20. The number of nitrogens with zero attached hydrogens (tertiary/aromatic N) is 1. The van der Waals surface area contributed by atoms with Crippen molar-refractivity contribution in [2.24, 2.45) is 5.10 Å². The van der Waals surface area contributed by atoms with Gasteiger partial charge in [-0.2, -0.15) is 5.10 Å². The molecule has 38 heavy (non-hydrogen) atoms. The Bertz CT molecular complexity index is 1280. The minimum absolute atomic E-state index is 0.211. The zero-order chi connectivity index (χ0) is 28.1. The predicted octanol–water partition coefficient (Wildman–Crippen LogP) is 6.94. The van der Waals surface area contributed by atoms with E-state index in [1.807, 2.05) is 12.1 Å². The van der Waals surface area contributed by atoms with Crippen molar-refractivity contribution in [3.63, 3.8) is 0 Å². The summed E-state index contributed by atoms with van der Waals surface area (Å²) in [5.41, 5.74) is 6.00. The molecule has 0 unspecified atom stereocenters. The molecule has 0 atom stereocenters. The molecule has 0 aromatic heterocycles. The molecule has 200 valence electrons. The summed E-state index contributed by atoms with van der Waals surface area (Å²) in [6.07, 6.45) is 2.31. The monoisotopic (exact) mass is 534 g/mol. The van der Waals surface area contributed by atoms with Crippen LogP contribution in [0.5, 0.6) is 11.5 Å². The van der Waals surface area contributed by atoms with Crippen LogP contribution in [-0.4, -0.2) is 23.2 Å². The molecular weight excluding hydrogens is 500 g/mol. The van der Waals surface area contributed by atoms with E-state index >= 15 is 0 Å². The number of hydrogen-bond donors (Lipinski definition) is 2. The van der Waals surface area contributed by atoms with Crippen LogP contribution < -0.4 is 10.2 Å². The Balaban J connectivity index is 1.56. The topological polar surface area (TPSA) is 88.0 Å². The third-order valence-corrected chi connectivity index (χ3v) is 6.25. The molecule has 2 N–H and O–H groups in total. The van der Waals surface area contributed by atoms with E-state index in [1.165, 1.54) is 6.21 Å². The number of halogens is 1. The predicted molar refractivity (Wildman–Crippen MR) is 152 cm³/mol. The Morgan fingerprint density at radius 1 is 0.921 bits per heavy atom. The third-order valence-electron chi connectivity index (χ3n) is 6.00.